The molecule has 26 heavy (non-hydrogen) atoms. The fourth-order valence-corrected chi connectivity index (χ4v) is 3.94. The third kappa shape index (κ3) is 4.35. The number of thioether (sulfide) groups is 1. The number of anilines is 1. The molecule has 3 rings (SSSR count). The number of hydrogen-bond acceptors (Lipinski definition) is 3. The molecule has 0 radical (unpaired) electrons. The average molecular weight is 366 g/mol. The zero-order chi connectivity index (χ0) is 18.5. The van der Waals surface area contributed by atoms with Crippen molar-refractivity contribution in [2.24, 2.45) is 0 Å². The van der Waals surface area contributed by atoms with Gasteiger partial charge < -0.3 is 10.2 Å². The summed E-state index contributed by atoms with van der Waals surface area (Å²) in [7, 11) is 1.73. The molecular weight excluding hydrogens is 344 g/mol. The van der Waals surface area contributed by atoms with Crippen LogP contribution in [-0.2, 0) is 16.0 Å². The first kappa shape index (κ1) is 18.3. The van der Waals surface area contributed by atoms with Crippen LogP contribution in [-0.4, -0.2) is 24.9 Å². The molecule has 134 valence electrons. The highest BCUT2D eigenvalue weighted by atomic mass is 32.2. The molecule has 0 saturated carbocycles. The van der Waals surface area contributed by atoms with E-state index in [-0.39, 0.29) is 17.9 Å². The van der Waals surface area contributed by atoms with Crippen LogP contribution >= 0.6 is 11.8 Å². The van der Waals surface area contributed by atoms with Gasteiger partial charge in [-0.3, -0.25) is 9.59 Å². The second kappa shape index (κ2) is 8.23. The number of aryl methyl sites for hydroxylation is 1. The van der Waals surface area contributed by atoms with Crippen LogP contribution < -0.4 is 10.2 Å². The lowest BCUT2D eigenvalue weighted by atomic mass is 10.1. The Morgan fingerprint density at radius 1 is 1.15 bits per heavy atom. The maximum atomic E-state index is 12.5. The second-order valence-corrected chi connectivity index (χ2v) is 7.46. The summed E-state index contributed by atoms with van der Waals surface area (Å²) in [6.45, 7) is 1.98. The summed E-state index contributed by atoms with van der Waals surface area (Å²) in [6.07, 6.45) is 3.17. The van der Waals surface area contributed by atoms with Gasteiger partial charge in [-0.05, 0) is 37.5 Å². The predicted molar refractivity (Wildman–Crippen MR) is 106 cm³/mol. The van der Waals surface area contributed by atoms with Crippen molar-refractivity contribution in [2.75, 3.05) is 11.9 Å². The zero-order valence-electron chi connectivity index (χ0n) is 14.9. The number of benzene rings is 2. The number of para-hydroxylation sites is 1. The van der Waals surface area contributed by atoms with Crippen LogP contribution in [0.15, 0.2) is 70.5 Å². The normalized spacial score (nSPS) is 16.3. The number of rotatable bonds is 5. The molecule has 1 aliphatic heterocycles. The fourth-order valence-electron chi connectivity index (χ4n) is 2.85. The smallest absolute Gasteiger partial charge is 0.265 e. The van der Waals surface area contributed by atoms with E-state index in [1.807, 2.05) is 49.4 Å². The molecule has 2 amide bonds. The lowest BCUT2D eigenvalue weighted by molar-refractivity contribution is -0.118. The highest BCUT2D eigenvalue weighted by molar-refractivity contribution is 8.04. The Kier molecular flexibility index (Phi) is 5.78. The van der Waals surface area contributed by atoms with Gasteiger partial charge in [0.2, 0.25) is 5.91 Å². The Balaban J connectivity index is 1.60. The first-order chi connectivity index (χ1) is 12.5. The molecule has 0 aromatic heterocycles. The number of carbonyl (C=O) groups is 2. The Bertz CT molecular complexity index is 833. The summed E-state index contributed by atoms with van der Waals surface area (Å²) in [4.78, 5) is 27.8. The van der Waals surface area contributed by atoms with E-state index in [4.69, 9.17) is 0 Å². The quantitative estimate of drug-likeness (QED) is 0.820. The van der Waals surface area contributed by atoms with Gasteiger partial charge in [0, 0.05) is 24.1 Å². The molecular formula is C21H22N2O2S. The van der Waals surface area contributed by atoms with Gasteiger partial charge in [0.25, 0.3) is 5.91 Å². The third-order valence-electron chi connectivity index (χ3n) is 4.32. The minimum absolute atomic E-state index is 0.0354. The maximum absolute atomic E-state index is 12.5. The van der Waals surface area contributed by atoms with Crippen LogP contribution in [0.5, 0.6) is 0 Å². The van der Waals surface area contributed by atoms with Gasteiger partial charge in [0.05, 0.1) is 10.6 Å². The molecule has 1 heterocycles. The zero-order valence-corrected chi connectivity index (χ0v) is 15.8. The van der Waals surface area contributed by atoms with Crippen molar-refractivity contribution >= 4 is 29.3 Å². The Labute approximate surface area is 158 Å². The van der Waals surface area contributed by atoms with Crippen molar-refractivity contribution in [3.8, 4) is 0 Å². The number of carbonyl (C=O) groups excluding carboxylic acids is 2. The highest BCUT2D eigenvalue weighted by Gasteiger charge is 2.26. The molecule has 0 spiro atoms. The summed E-state index contributed by atoms with van der Waals surface area (Å²) < 4.78 is 0. The summed E-state index contributed by atoms with van der Waals surface area (Å²) in [5.74, 6) is -0.380. The summed E-state index contributed by atoms with van der Waals surface area (Å²) in [5.41, 5.74) is 2.12. The van der Waals surface area contributed by atoms with Crippen molar-refractivity contribution in [2.45, 2.75) is 30.7 Å². The first-order valence-corrected chi connectivity index (χ1v) is 9.47. The van der Waals surface area contributed by atoms with Crippen LogP contribution in [0, 0.1) is 0 Å². The molecule has 5 heteroatoms. The SMILES string of the molecule is C[C@@H](CCc1ccccc1)NC(=O)/C=C1/Sc2ccccc2N(C)C1=O. The standard InChI is InChI=1S/C21H22N2O2S/c1-15(12-13-16-8-4-3-5-9-16)22-20(24)14-19-21(25)23(2)17-10-6-7-11-18(17)26-19/h3-11,14-15H,12-13H2,1-2H3,(H,22,24)/b19-14+/t15-/m0/s1. The number of hydrogen-bond donors (Lipinski definition) is 1. The molecule has 2 aromatic rings. The van der Waals surface area contributed by atoms with Crippen LogP contribution in [0.3, 0.4) is 0 Å². The molecule has 1 aliphatic rings. The van der Waals surface area contributed by atoms with E-state index in [0.717, 1.165) is 23.4 Å². The minimum Gasteiger partial charge on any atom is -0.350 e. The number of likely N-dealkylation sites (N-methyl/N-ethyl adjacent to an activating group) is 1. The second-order valence-electron chi connectivity index (χ2n) is 6.38. The Hall–Kier alpha value is -2.53. The molecule has 1 atom stereocenters. The number of nitrogens with zero attached hydrogens (tertiary/aromatic N) is 1. The van der Waals surface area contributed by atoms with Crippen molar-refractivity contribution in [3.63, 3.8) is 0 Å². The molecule has 0 saturated heterocycles. The predicted octanol–water partition coefficient (Wildman–Crippen LogP) is 3.78. The summed E-state index contributed by atoms with van der Waals surface area (Å²) in [6, 6.07) is 17.9. The number of fused-ring (bicyclic) bond motifs is 1. The maximum Gasteiger partial charge on any atom is 0.265 e. The monoisotopic (exact) mass is 366 g/mol. The first-order valence-electron chi connectivity index (χ1n) is 8.65. The van der Waals surface area contributed by atoms with E-state index in [0.29, 0.717) is 4.91 Å². The molecule has 0 unspecified atom stereocenters. The van der Waals surface area contributed by atoms with Crippen molar-refractivity contribution in [3.05, 3.63) is 71.1 Å². The van der Waals surface area contributed by atoms with Crippen LogP contribution in [0.25, 0.3) is 0 Å². The van der Waals surface area contributed by atoms with Crippen molar-refractivity contribution in [1.29, 1.82) is 0 Å². The molecule has 2 aromatic carbocycles. The molecule has 0 fully saturated rings. The largest absolute Gasteiger partial charge is 0.350 e. The molecule has 0 aliphatic carbocycles. The average Bonchev–Trinajstić information content (AvgIpc) is 2.65. The van der Waals surface area contributed by atoms with E-state index >= 15 is 0 Å². The third-order valence-corrected chi connectivity index (χ3v) is 5.40. The lowest BCUT2D eigenvalue weighted by Gasteiger charge is -2.26. The highest BCUT2D eigenvalue weighted by Crippen LogP contribution is 2.40. The fraction of sp³-hybridized carbons (Fsp3) is 0.238. The van der Waals surface area contributed by atoms with Crippen molar-refractivity contribution in [1.82, 2.24) is 5.32 Å². The van der Waals surface area contributed by atoms with Gasteiger partial charge in [-0.1, -0.05) is 54.2 Å². The van der Waals surface area contributed by atoms with E-state index in [2.05, 4.69) is 17.4 Å². The molecule has 1 N–H and O–H groups in total. The van der Waals surface area contributed by atoms with Gasteiger partial charge in [-0.2, -0.15) is 0 Å². The van der Waals surface area contributed by atoms with E-state index in [1.54, 1.807) is 11.9 Å². The topological polar surface area (TPSA) is 49.4 Å². The number of amides is 2. The molecule has 0 bridgehead atoms. The summed E-state index contributed by atoms with van der Waals surface area (Å²) >= 11 is 1.34. The van der Waals surface area contributed by atoms with Gasteiger partial charge in [0.15, 0.2) is 0 Å². The van der Waals surface area contributed by atoms with Crippen LogP contribution in [0.4, 0.5) is 5.69 Å². The van der Waals surface area contributed by atoms with Gasteiger partial charge in [-0.25, -0.2) is 0 Å². The number of nitrogens with one attached hydrogen (secondary N) is 1. The Morgan fingerprint density at radius 3 is 2.62 bits per heavy atom. The molecule has 4 nitrogen and oxygen atoms in total. The summed E-state index contributed by atoms with van der Waals surface area (Å²) in [5, 5.41) is 2.96. The van der Waals surface area contributed by atoms with E-state index in [9.17, 15) is 9.59 Å². The van der Waals surface area contributed by atoms with Gasteiger partial charge in [-0.15, -0.1) is 0 Å². The van der Waals surface area contributed by atoms with Crippen LogP contribution in [0.2, 0.25) is 0 Å². The van der Waals surface area contributed by atoms with E-state index in [1.165, 1.54) is 23.4 Å². The Morgan fingerprint density at radius 2 is 1.85 bits per heavy atom. The van der Waals surface area contributed by atoms with Crippen molar-refractivity contribution < 1.29 is 9.59 Å². The lowest BCUT2D eigenvalue weighted by Crippen LogP contribution is -2.34. The minimum atomic E-state index is -0.228. The van der Waals surface area contributed by atoms with E-state index < -0.39 is 0 Å². The van der Waals surface area contributed by atoms with Crippen LogP contribution in [0.1, 0.15) is 18.9 Å². The van der Waals surface area contributed by atoms with Gasteiger partial charge >= 0.3 is 0 Å². The van der Waals surface area contributed by atoms with Gasteiger partial charge in [0.1, 0.15) is 0 Å².